The summed E-state index contributed by atoms with van der Waals surface area (Å²) in [6.45, 7) is 3.98. The highest BCUT2D eigenvalue weighted by Gasteiger charge is 2.24. The van der Waals surface area contributed by atoms with Crippen LogP contribution in [0.15, 0.2) is 10.7 Å². The molecule has 0 fully saturated rings. The third-order valence-electron chi connectivity index (χ3n) is 2.38. The average molecular weight is 315 g/mol. The van der Waals surface area contributed by atoms with Gasteiger partial charge in [0.25, 0.3) is 0 Å². The van der Waals surface area contributed by atoms with E-state index in [0.29, 0.717) is 15.0 Å². The molecular weight excluding hydrogens is 304 g/mol. The number of nitrogens with zero attached hydrogens (tertiary/aromatic N) is 4. The summed E-state index contributed by atoms with van der Waals surface area (Å²) in [5, 5.41) is 8.04. The van der Waals surface area contributed by atoms with Gasteiger partial charge in [-0.1, -0.05) is 18.3 Å². The summed E-state index contributed by atoms with van der Waals surface area (Å²) < 4.78 is 6.10. The predicted octanol–water partition coefficient (Wildman–Crippen LogP) is 2.39. The molecule has 0 saturated carbocycles. The number of halogens is 1. The highest BCUT2D eigenvalue weighted by Crippen LogP contribution is 2.25. The van der Waals surface area contributed by atoms with Crippen molar-refractivity contribution in [2.75, 3.05) is 0 Å². The summed E-state index contributed by atoms with van der Waals surface area (Å²) >= 11 is 4.45. The van der Waals surface area contributed by atoms with Gasteiger partial charge in [0.15, 0.2) is 0 Å². The fourth-order valence-electron chi connectivity index (χ4n) is 1.51. The molecule has 2 aromatic rings. The second-order valence-corrected chi connectivity index (χ2v) is 5.54. The van der Waals surface area contributed by atoms with Crippen LogP contribution >= 0.6 is 27.5 Å². The Bertz CT molecular complexity index is 541. The molecule has 0 aliphatic heterocycles. The van der Waals surface area contributed by atoms with E-state index < -0.39 is 0 Å². The molecule has 17 heavy (non-hydrogen) atoms. The van der Waals surface area contributed by atoms with Crippen LogP contribution in [0.5, 0.6) is 0 Å². The van der Waals surface area contributed by atoms with Gasteiger partial charge in [0.1, 0.15) is 10.6 Å². The Labute approximate surface area is 111 Å². The molecule has 0 aliphatic rings. The highest BCUT2D eigenvalue weighted by atomic mass is 79.9. The van der Waals surface area contributed by atoms with Crippen molar-refractivity contribution in [3.63, 3.8) is 0 Å². The fraction of sp³-hybridized carbons (Fsp3) is 0.400. The van der Waals surface area contributed by atoms with Crippen molar-refractivity contribution in [1.29, 1.82) is 0 Å². The molecule has 0 radical (unpaired) electrons. The minimum Gasteiger partial charge on any atom is -0.286 e. The number of hydrogen-bond acceptors (Lipinski definition) is 5. The molecule has 0 bridgehead atoms. The SMILES string of the molecule is CC(C)c1nnsc1C(=O)c1c(Br)cnn1C. The van der Waals surface area contributed by atoms with Gasteiger partial charge < -0.3 is 0 Å². The van der Waals surface area contributed by atoms with Crippen LogP contribution in [0.25, 0.3) is 0 Å². The quantitative estimate of drug-likeness (QED) is 0.816. The first-order valence-electron chi connectivity index (χ1n) is 5.06. The zero-order valence-electron chi connectivity index (χ0n) is 9.64. The van der Waals surface area contributed by atoms with Crippen LogP contribution in [-0.2, 0) is 7.05 Å². The van der Waals surface area contributed by atoms with Crippen molar-refractivity contribution < 1.29 is 4.79 Å². The summed E-state index contributed by atoms with van der Waals surface area (Å²) in [6, 6.07) is 0. The Morgan fingerprint density at radius 1 is 1.53 bits per heavy atom. The molecule has 2 heterocycles. The number of ketones is 1. The minimum absolute atomic E-state index is 0.0874. The van der Waals surface area contributed by atoms with Crippen LogP contribution < -0.4 is 0 Å². The van der Waals surface area contributed by atoms with Crippen molar-refractivity contribution in [3.05, 3.63) is 26.9 Å². The first kappa shape index (κ1) is 12.4. The third kappa shape index (κ3) is 2.16. The molecule has 5 nitrogen and oxygen atoms in total. The van der Waals surface area contributed by atoms with E-state index in [1.165, 1.54) is 0 Å². The van der Waals surface area contributed by atoms with E-state index in [1.54, 1.807) is 17.9 Å². The monoisotopic (exact) mass is 314 g/mol. The predicted molar refractivity (Wildman–Crippen MR) is 68.3 cm³/mol. The molecule has 2 rings (SSSR count). The zero-order chi connectivity index (χ0) is 12.6. The summed E-state index contributed by atoms with van der Waals surface area (Å²) in [6.07, 6.45) is 1.61. The van der Waals surface area contributed by atoms with Crippen molar-refractivity contribution in [2.24, 2.45) is 7.05 Å². The van der Waals surface area contributed by atoms with Crippen molar-refractivity contribution in [1.82, 2.24) is 19.4 Å². The number of carbonyl (C=O) groups excluding carboxylic acids is 1. The van der Waals surface area contributed by atoms with Gasteiger partial charge in [-0.3, -0.25) is 9.48 Å². The summed E-state index contributed by atoms with van der Waals surface area (Å²) in [5.41, 5.74) is 1.27. The molecule has 0 unspecified atom stereocenters. The lowest BCUT2D eigenvalue weighted by atomic mass is 10.1. The van der Waals surface area contributed by atoms with E-state index in [9.17, 15) is 4.79 Å². The second-order valence-electron chi connectivity index (χ2n) is 3.94. The molecule has 7 heteroatoms. The van der Waals surface area contributed by atoms with E-state index >= 15 is 0 Å². The van der Waals surface area contributed by atoms with Gasteiger partial charge in [-0.15, -0.1) is 5.10 Å². The van der Waals surface area contributed by atoms with Crippen LogP contribution in [0.3, 0.4) is 0 Å². The molecule has 0 saturated heterocycles. The molecule has 0 atom stereocenters. The Morgan fingerprint density at radius 2 is 2.24 bits per heavy atom. The molecule has 0 N–H and O–H groups in total. The van der Waals surface area contributed by atoms with E-state index in [4.69, 9.17) is 0 Å². The number of carbonyl (C=O) groups is 1. The molecule has 0 amide bonds. The first-order valence-corrected chi connectivity index (χ1v) is 6.63. The molecule has 2 aromatic heterocycles. The second kappa shape index (κ2) is 4.66. The summed E-state index contributed by atoms with van der Waals surface area (Å²) in [5.74, 6) is 0.0929. The Morgan fingerprint density at radius 3 is 2.76 bits per heavy atom. The topological polar surface area (TPSA) is 60.7 Å². The van der Waals surface area contributed by atoms with E-state index in [-0.39, 0.29) is 11.7 Å². The summed E-state index contributed by atoms with van der Waals surface area (Å²) in [4.78, 5) is 13.0. The largest absolute Gasteiger partial charge is 0.286 e. The van der Waals surface area contributed by atoms with E-state index in [0.717, 1.165) is 17.2 Å². The summed E-state index contributed by atoms with van der Waals surface area (Å²) in [7, 11) is 1.74. The number of aromatic nitrogens is 4. The van der Waals surface area contributed by atoms with Crippen LogP contribution in [0.1, 0.15) is 40.8 Å². The van der Waals surface area contributed by atoms with Gasteiger partial charge in [0.05, 0.1) is 16.4 Å². The van der Waals surface area contributed by atoms with Gasteiger partial charge in [0.2, 0.25) is 5.78 Å². The van der Waals surface area contributed by atoms with Gasteiger partial charge in [-0.2, -0.15) is 5.10 Å². The van der Waals surface area contributed by atoms with Crippen LogP contribution in [0.2, 0.25) is 0 Å². The zero-order valence-corrected chi connectivity index (χ0v) is 12.0. The van der Waals surface area contributed by atoms with Crippen LogP contribution in [-0.4, -0.2) is 25.2 Å². The molecule has 0 spiro atoms. The number of aryl methyl sites for hydroxylation is 1. The van der Waals surface area contributed by atoms with Crippen LogP contribution in [0, 0.1) is 0 Å². The minimum atomic E-state index is -0.0874. The molecule has 0 aromatic carbocycles. The number of hydrogen-bond donors (Lipinski definition) is 0. The lowest BCUT2D eigenvalue weighted by molar-refractivity contribution is 0.103. The normalized spacial score (nSPS) is 11.1. The standard InChI is InChI=1S/C10H11BrN4OS/c1-5(2)7-10(17-14-13-7)9(16)8-6(11)4-12-15(8)3/h4-5H,1-3H3. The van der Waals surface area contributed by atoms with Gasteiger partial charge in [-0.05, 0) is 33.4 Å². The van der Waals surface area contributed by atoms with E-state index in [1.807, 2.05) is 13.8 Å². The van der Waals surface area contributed by atoms with E-state index in [2.05, 4.69) is 30.6 Å². The highest BCUT2D eigenvalue weighted by molar-refractivity contribution is 9.10. The first-order chi connectivity index (χ1) is 8.02. The lowest BCUT2D eigenvalue weighted by Gasteiger charge is -2.04. The van der Waals surface area contributed by atoms with Gasteiger partial charge in [-0.25, -0.2) is 0 Å². The molecular formula is C10H11BrN4OS. The van der Waals surface area contributed by atoms with Crippen LogP contribution in [0.4, 0.5) is 0 Å². The lowest BCUT2D eigenvalue weighted by Crippen LogP contribution is -2.10. The maximum absolute atomic E-state index is 12.4. The Kier molecular flexibility index (Phi) is 3.39. The average Bonchev–Trinajstić information content (AvgIpc) is 2.85. The molecule has 90 valence electrons. The Balaban J connectivity index is 2.48. The maximum Gasteiger partial charge on any atom is 0.225 e. The number of rotatable bonds is 3. The van der Waals surface area contributed by atoms with Crippen molar-refractivity contribution in [2.45, 2.75) is 19.8 Å². The van der Waals surface area contributed by atoms with Gasteiger partial charge >= 0.3 is 0 Å². The molecule has 0 aliphatic carbocycles. The third-order valence-corrected chi connectivity index (χ3v) is 3.70. The van der Waals surface area contributed by atoms with Crippen molar-refractivity contribution in [3.8, 4) is 0 Å². The smallest absolute Gasteiger partial charge is 0.225 e. The Hall–Kier alpha value is -1.08. The van der Waals surface area contributed by atoms with Crippen molar-refractivity contribution >= 4 is 33.2 Å². The van der Waals surface area contributed by atoms with Gasteiger partial charge in [0, 0.05) is 7.05 Å². The maximum atomic E-state index is 12.4. The fourth-order valence-corrected chi connectivity index (χ4v) is 2.79.